The fourth-order valence-electron chi connectivity index (χ4n) is 1.69. The molecular weight excluding hydrogens is 290 g/mol. The van der Waals surface area contributed by atoms with E-state index in [1.54, 1.807) is 6.92 Å². The molecule has 102 valence electrons. The largest absolute Gasteiger partial charge is 0.310 e. The summed E-state index contributed by atoms with van der Waals surface area (Å²) in [6, 6.07) is 4.15. The van der Waals surface area contributed by atoms with Gasteiger partial charge in [0.2, 0.25) is 0 Å². The van der Waals surface area contributed by atoms with Crippen LogP contribution in [0.5, 0.6) is 0 Å². The van der Waals surface area contributed by atoms with Gasteiger partial charge >= 0.3 is 0 Å². The van der Waals surface area contributed by atoms with Crippen molar-refractivity contribution in [2.75, 3.05) is 7.05 Å². The van der Waals surface area contributed by atoms with Crippen LogP contribution in [0.4, 0.5) is 0 Å². The highest BCUT2D eigenvalue weighted by Crippen LogP contribution is 2.22. The number of carbonyl (C=O) groups is 1. The van der Waals surface area contributed by atoms with Gasteiger partial charge < -0.3 is 5.32 Å². The lowest BCUT2D eigenvalue weighted by molar-refractivity contribution is -0.118. The normalized spacial score (nSPS) is 11.5. The maximum Gasteiger partial charge on any atom is 0.147 e. The van der Waals surface area contributed by atoms with Crippen molar-refractivity contribution in [2.24, 2.45) is 0 Å². The Bertz CT molecular complexity index is 378. The lowest BCUT2D eigenvalue weighted by Gasteiger charge is -2.14. The SMILES string of the molecule is CC.CNC(Cc1cc(C)c(C)c(Br)c1)C(C)=O. The maximum absolute atomic E-state index is 11.3. The first-order valence-corrected chi connectivity index (χ1v) is 7.18. The number of hydrogen-bond donors (Lipinski definition) is 1. The van der Waals surface area contributed by atoms with E-state index < -0.39 is 0 Å². The Balaban J connectivity index is 0.00000137. The molecule has 1 atom stereocenters. The summed E-state index contributed by atoms with van der Waals surface area (Å²) in [6.07, 6.45) is 0.742. The van der Waals surface area contributed by atoms with E-state index in [9.17, 15) is 4.79 Å². The second-order valence-electron chi connectivity index (χ2n) is 4.18. The Morgan fingerprint density at radius 1 is 1.33 bits per heavy atom. The lowest BCUT2D eigenvalue weighted by Crippen LogP contribution is -2.34. The highest BCUT2D eigenvalue weighted by atomic mass is 79.9. The summed E-state index contributed by atoms with van der Waals surface area (Å²) in [6.45, 7) is 9.80. The zero-order chi connectivity index (χ0) is 14.3. The zero-order valence-corrected chi connectivity index (χ0v) is 13.8. The third kappa shape index (κ3) is 4.91. The topological polar surface area (TPSA) is 29.1 Å². The van der Waals surface area contributed by atoms with Crippen LogP contribution < -0.4 is 5.32 Å². The second kappa shape index (κ2) is 8.44. The van der Waals surface area contributed by atoms with Gasteiger partial charge in [-0.15, -0.1) is 0 Å². The predicted octanol–water partition coefficient (Wildman–Crippen LogP) is 3.81. The quantitative estimate of drug-likeness (QED) is 0.915. The Morgan fingerprint density at radius 3 is 2.28 bits per heavy atom. The summed E-state index contributed by atoms with van der Waals surface area (Å²) in [5, 5.41) is 3.04. The number of carbonyl (C=O) groups excluding carboxylic acids is 1. The van der Waals surface area contributed by atoms with Crippen molar-refractivity contribution in [2.45, 2.75) is 47.1 Å². The Labute approximate surface area is 119 Å². The first-order valence-electron chi connectivity index (χ1n) is 6.39. The highest BCUT2D eigenvalue weighted by molar-refractivity contribution is 9.10. The zero-order valence-electron chi connectivity index (χ0n) is 12.2. The smallest absolute Gasteiger partial charge is 0.147 e. The van der Waals surface area contributed by atoms with Crippen LogP contribution in [0.25, 0.3) is 0 Å². The number of halogens is 1. The molecule has 0 amide bonds. The fraction of sp³-hybridized carbons (Fsp3) is 0.533. The first-order chi connectivity index (χ1) is 8.45. The van der Waals surface area contributed by atoms with Crippen LogP contribution in [0.1, 0.15) is 37.5 Å². The summed E-state index contributed by atoms with van der Waals surface area (Å²) in [5.41, 5.74) is 3.69. The summed E-state index contributed by atoms with van der Waals surface area (Å²) < 4.78 is 1.11. The number of benzene rings is 1. The molecule has 0 aliphatic carbocycles. The number of nitrogens with one attached hydrogen (secondary N) is 1. The predicted molar refractivity (Wildman–Crippen MR) is 82.2 cm³/mol. The molecule has 1 N–H and O–H groups in total. The van der Waals surface area contributed by atoms with Crippen molar-refractivity contribution >= 4 is 21.7 Å². The van der Waals surface area contributed by atoms with E-state index in [2.05, 4.69) is 47.2 Å². The molecule has 18 heavy (non-hydrogen) atoms. The minimum absolute atomic E-state index is 0.0889. The monoisotopic (exact) mass is 313 g/mol. The molecule has 0 aliphatic heterocycles. The molecule has 0 heterocycles. The van der Waals surface area contributed by atoms with Gasteiger partial charge in [0.1, 0.15) is 5.78 Å². The van der Waals surface area contributed by atoms with Gasteiger partial charge in [-0.25, -0.2) is 0 Å². The molecule has 1 aromatic rings. The van der Waals surface area contributed by atoms with Crippen molar-refractivity contribution in [3.63, 3.8) is 0 Å². The van der Waals surface area contributed by atoms with Crippen molar-refractivity contribution < 1.29 is 4.79 Å². The Hall–Kier alpha value is -0.670. The molecule has 1 rings (SSSR count). The van der Waals surface area contributed by atoms with Gasteiger partial charge in [0.05, 0.1) is 6.04 Å². The first kappa shape index (κ1) is 17.3. The summed E-state index contributed by atoms with van der Waals surface area (Å²) in [5.74, 6) is 0.178. The molecule has 1 unspecified atom stereocenters. The number of rotatable bonds is 4. The number of Topliss-reactive ketones (excluding diaryl/α,β-unsaturated/α-hetero) is 1. The number of aryl methyl sites for hydroxylation is 1. The molecule has 0 bridgehead atoms. The molecule has 1 aromatic carbocycles. The van der Waals surface area contributed by atoms with E-state index in [4.69, 9.17) is 0 Å². The second-order valence-corrected chi connectivity index (χ2v) is 5.03. The molecule has 0 aliphatic rings. The van der Waals surface area contributed by atoms with Crippen LogP contribution in [0, 0.1) is 13.8 Å². The fourth-order valence-corrected chi connectivity index (χ4v) is 2.30. The van der Waals surface area contributed by atoms with Gasteiger partial charge in [-0.05, 0) is 57.0 Å². The van der Waals surface area contributed by atoms with Gasteiger partial charge in [-0.3, -0.25) is 4.79 Å². The molecule has 0 aromatic heterocycles. The standard InChI is InChI=1S/C13H18BrNO.C2H6/c1-8-5-11(6-12(14)9(8)2)7-13(15-4)10(3)16;1-2/h5-6,13,15H,7H2,1-4H3;1-2H3. The van der Waals surface area contributed by atoms with Gasteiger partial charge in [0.25, 0.3) is 0 Å². The van der Waals surface area contributed by atoms with Crippen LogP contribution in [0.15, 0.2) is 16.6 Å². The number of hydrogen-bond acceptors (Lipinski definition) is 2. The third-order valence-electron chi connectivity index (χ3n) is 2.94. The molecule has 2 nitrogen and oxygen atoms in total. The molecule has 0 saturated heterocycles. The van der Waals surface area contributed by atoms with Crippen molar-refractivity contribution in [3.05, 3.63) is 33.3 Å². The van der Waals surface area contributed by atoms with E-state index in [1.165, 1.54) is 16.7 Å². The lowest BCUT2D eigenvalue weighted by atomic mass is 9.99. The molecule has 3 heteroatoms. The van der Waals surface area contributed by atoms with Crippen LogP contribution in [0.3, 0.4) is 0 Å². The Morgan fingerprint density at radius 2 is 1.89 bits per heavy atom. The van der Waals surface area contributed by atoms with Crippen molar-refractivity contribution in [3.8, 4) is 0 Å². The molecule has 0 radical (unpaired) electrons. The molecular formula is C15H24BrNO. The van der Waals surface area contributed by atoms with Gasteiger partial charge in [-0.2, -0.15) is 0 Å². The summed E-state index contributed by atoms with van der Waals surface area (Å²) in [4.78, 5) is 11.3. The Kier molecular flexibility index (Phi) is 8.12. The van der Waals surface area contributed by atoms with E-state index in [1.807, 2.05) is 20.9 Å². The molecule has 0 saturated carbocycles. The summed E-state index contributed by atoms with van der Waals surface area (Å²) in [7, 11) is 1.82. The van der Waals surface area contributed by atoms with Crippen LogP contribution >= 0.6 is 15.9 Å². The molecule has 0 fully saturated rings. The van der Waals surface area contributed by atoms with Crippen LogP contribution in [0.2, 0.25) is 0 Å². The minimum Gasteiger partial charge on any atom is -0.310 e. The van der Waals surface area contributed by atoms with Crippen LogP contribution in [-0.2, 0) is 11.2 Å². The van der Waals surface area contributed by atoms with Gasteiger partial charge in [0, 0.05) is 4.47 Å². The number of likely N-dealkylation sites (N-methyl/N-ethyl adjacent to an activating group) is 1. The van der Waals surface area contributed by atoms with E-state index in [0.29, 0.717) is 0 Å². The maximum atomic E-state index is 11.3. The van der Waals surface area contributed by atoms with Gasteiger partial charge in [-0.1, -0.05) is 35.8 Å². The minimum atomic E-state index is -0.0889. The average Bonchev–Trinajstić information content (AvgIpc) is 2.35. The highest BCUT2D eigenvalue weighted by Gasteiger charge is 2.13. The summed E-state index contributed by atoms with van der Waals surface area (Å²) >= 11 is 3.54. The molecule has 0 spiro atoms. The average molecular weight is 314 g/mol. The third-order valence-corrected chi connectivity index (χ3v) is 3.77. The van der Waals surface area contributed by atoms with Crippen LogP contribution in [-0.4, -0.2) is 18.9 Å². The van der Waals surface area contributed by atoms with E-state index >= 15 is 0 Å². The van der Waals surface area contributed by atoms with Crippen molar-refractivity contribution in [1.82, 2.24) is 5.32 Å². The van der Waals surface area contributed by atoms with Crippen molar-refractivity contribution in [1.29, 1.82) is 0 Å². The van der Waals surface area contributed by atoms with E-state index in [0.717, 1.165) is 10.9 Å². The van der Waals surface area contributed by atoms with Gasteiger partial charge in [0.15, 0.2) is 0 Å². The number of ketones is 1. The van der Waals surface area contributed by atoms with E-state index in [-0.39, 0.29) is 11.8 Å².